The summed E-state index contributed by atoms with van der Waals surface area (Å²) >= 11 is 0. The number of ether oxygens (including phenoxy) is 15. The standard InChI is InChI=1S/C67H107O31.Ho/c1-27(2)12-11-18-66(8)37-16-20-65(7)30-13-14-36-63(4,5)38(17-19-64(36,6)29(30)15-21-67(37,65)62(83)98-66)93-61-55(43(76)35(26-86-61)92-57-48(81)53(41(74)33(24-70)88-57)95-58-46(79)51(84-9)39(72)31(22-68)89-58)97-56-45(78)44(77)50(28(3)87-56)94-60-49(82)54(42(75)34(25-71)91-60)96-59-47(80)52(85-10)40(73)32(23-69)90-59;/h12,15,21,28,30-61,68-82H,11,13-14,16-20,22-26H2,1-10H3;/q-1;/t28?,30-,31?,32?,33?,34?,35-,36+,37-,38+,39-,40-,41-,42-,43?,44?,45?,46?,47?,48?,49?,50-,51?,52?,53?,54?,55?,56+,57+,58+,59+,60+,61+,64-,65+,66+,67-;/m1./s1. The summed E-state index contributed by atoms with van der Waals surface area (Å²) in [6.07, 6.45) is -36.8. The number of carbonyl (C=O) groups excluding carboxylic acids is 1. The minimum absolute atomic E-state index is 0. The minimum Gasteiger partial charge on any atom is -0.459 e. The molecule has 3 saturated carbocycles. The molecular formula is C67H107HoO31-. The Kier molecular flexibility index (Phi) is 25.7. The monoisotopic (exact) mass is 1570 g/mol. The van der Waals surface area contributed by atoms with Crippen LogP contribution in [0.4, 0.5) is 0 Å². The largest absolute Gasteiger partial charge is 0.459 e. The van der Waals surface area contributed by atoms with E-state index in [4.69, 9.17) is 71.1 Å². The van der Waals surface area contributed by atoms with Crippen LogP contribution in [0.5, 0.6) is 0 Å². The van der Waals surface area contributed by atoms with Crippen molar-refractivity contribution in [1.29, 1.82) is 0 Å². The van der Waals surface area contributed by atoms with E-state index in [2.05, 4.69) is 67.0 Å². The molecule has 7 aliphatic heterocycles. The summed E-state index contributed by atoms with van der Waals surface area (Å²) in [6, 6.07) is 0. The zero-order valence-corrected chi connectivity index (χ0v) is 59.5. The third-order valence-electron chi connectivity index (χ3n) is 24.3. The van der Waals surface area contributed by atoms with Crippen LogP contribution in [0.15, 0.2) is 23.3 Å². The van der Waals surface area contributed by atoms with Crippen LogP contribution in [0, 0.1) is 83.6 Å². The van der Waals surface area contributed by atoms with E-state index in [0.717, 1.165) is 38.5 Å². The second-order valence-corrected chi connectivity index (χ2v) is 30.5. The van der Waals surface area contributed by atoms with Crippen molar-refractivity contribution >= 4 is 5.97 Å². The van der Waals surface area contributed by atoms with Crippen LogP contribution in [0.2, 0.25) is 0 Å². The normalized spacial score (nSPS) is 51.8. The van der Waals surface area contributed by atoms with E-state index in [1.165, 1.54) is 32.3 Å². The van der Waals surface area contributed by atoms with Crippen molar-refractivity contribution < 1.29 is 190 Å². The molecule has 7 heterocycles. The number of allylic oxidation sites excluding steroid dienone is 4. The zero-order valence-electron chi connectivity index (χ0n) is 57.5. The molecule has 0 aromatic carbocycles. The molecule has 1 spiro atoms. The molecule has 0 aromatic rings. The van der Waals surface area contributed by atoms with Crippen molar-refractivity contribution in [2.24, 2.45) is 39.4 Å². The molecule has 17 unspecified atom stereocenters. The van der Waals surface area contributed by atoms with Gasteiger partial charge in [0.05, 0.1) is 45.2 Å². The fourth-order valence-corrected chi connectivity index (χ4v) is 18.8. The van der Waals surface area contributed by atoms with Gasteiger partial charge in [-0.2, -0.15) is 0 Å². The smallest absolute Gasteiger partial charge is 0.300 e. The Labute approximate surface area is 605 Å². The molecule has 32 heteroatoms. The molecule has 15 N–H and O–H groups in total. The first-order chi connectivity index (χ1) is 46.3. The summed E-state index contributed by atoms with van der Waals surface area (Å²) in [5.74, 6) is -0.0219. The van der Waals surface area contributed by atoms with Crippen molar-refractivity contribution in [3.05, 3.63) is 29.7 Å². The number of carbonyl (C=O) groups is 1. The molecule has 0 aromatic heterocycles. The number of esters is 1. The summed E-state index contributed by atoms with van der Waals surface area (Å²) in [7, 11) is 2.37. The molecule has 11 aliphatic rings. The molecule has 37 atom stereocenters. The SMILES string of the molecule is COC1C(O)[C@H](OC2C(O)[C@H](O[C@@H]3C(C)O[C@@H](OC4C(O)[C@H](O[C@@H]5OC(CO)[C@@H](O)C(O[C@@H]6OC(CO)[C@@H](O)C(OC)C6O)C5O)CO[C@H]4O[C@H]4CC[C@]5(C)C6=C[CH-][C@]78C(=O)O[C@@](C)(CCC=C(C)C)[C@H]7CC[C@@]8(C)[C@@H]6CC[C@H]5C4(C)C)C(O)C3O)OC(CO)[C@H]2O)OC(CO)[C@H]1O.[Ho]. The summed E-state index contributed by atoms with van der Waals surface area (Å²) < 4.78 is 90.3. The van der Waals surface area contributed by atoms with Gasteiger partial charge in [0.15, 0.2) is 37.7 Å². The molecule has 0 amide bonds. The number of hydrogen-bond donors (Lipinski definition) is 15. The number of fused-ring (bicyclic) bond motifs is 4. The van der Waals surface area contributed by atoms with Gasteiger partial charge < -0.3 is 148 Å². The van der Waals surface area contributed by atoms with Gasteiger partial charge in [-0.3, -0.25) is 4.79 Å². The Morgan fingerprint density at radius 3 is 1.52 bits per heavy atom. The summed E-state index contributed by atoms with van der Waals surface area (Å²) in [6.45, 7) is 12.8. The molecule has 4 aliphatic carbocycles. The Morgan fingerprint density at radius 1 is 0.535 bits per heavy atom. The van der Waals surface area contributed by atoms with Crippen molar-refractivity contribution in [3.8, 4) is 0 Å². The van der Waals surface area contributed by atoms with Gasteiger partial charge in [0.1, 0.15) is 140 Å². The number of methoxy groups -OCH3 is 2. The van der Waals surface area contributed by atoms with E-state index in [0.29, 0.717) is 12.8 Å². The molecule has 7 saturated heterocycles. The van der Waals surface area contributed by atoms with Crippen LogP contribution in [-0.2, 0) is 75.8 Å². The predicted octanol–water partition coefficient (Wildman–Crippen LogP) is -3.27. The van der Waals surface area contributed by atoms with Crippen LogP contribution < -0.4 is 0 Å². The quantitative estimate of drug-likeness (QED) is 0.0176. The maximum absolute atomic E-state index is 14.5. The first-order valence-electron chi connectivity index (χ1n) is 34.6. The molecule has 573 valence electrons. The molecular weight excluding hydrogens is 1470 g/mol. The van der Waals surface area contributed by atoms with Crippen molar-refractivity contribution in [2.45, 2.75) is 297 Å². The van der Waals surface area contributed by atoms with E-state index in [1.54, 1.807) is 0 Å². The number of rotatable bonds is 21. The average molecular weight is 1570 g/mol. The minimum atomic E-state index is -2.06. The molecule has 31 nitrogen and oxygen atoms in total. The zero-order chi connectivity index (χ0) is 71.2. The third kappa shape index (κ3) is 14.2. The molecule has 0 bridgehead atoms. The maximum Gasteiger partial charge on any atom is 0.300 e. The van der Waals surface area contributed by atoms with Crippen LogP contribution in [0.25, 0.3) is 0 Å². The summed E-state index contributed by atoms with van der Waals surface area (Å²) in [5.41, 5.74) is -0.249. The maximum atomic E-state index is 14.5. The van der Waals surface area contributed by atoms with E-state index in [9.17, 15) is 81.4 Å². The topological polar surface area (TPSA) is 459 Å². The fourth-order valence-electron chi connectivity index (χ4n) is 18.8. The number of aliphatic hydroxyl groups is 15. The Bertz CT molecular complexity index is 2770. The second-order valence-electron chi connectivity index (χ2n) is 30.5. The third-order valence-corrected chi connectivity index (χ3v) is 24.3. The van der Waals surface area contributed by atoms with Gasteiger partial charge in [0.2, 0.25) is 0 Å². The Morgan fingerprint density at radius 2 is 1.01 bits per heavy atom. The van der Waals surface area contributed by atoms with E-state index < -0.39 is 239 Å². The van der Waals surface area contributed by atoms with Gasteiger partial charge in [-0.1, -0.05) is 69.9 Å². The van der Waals surface area contributed by atoms with Gasteiger partial charge in [-0.15, -0.1) is 0 Å². The first kappa shape index (κ1) is 80.5. The van der Waals surface area contributed by atoms with E-state index in [-0.39, 0.29) is 66.9 Å². The number of cyclic esters (lactones) is 1. The van der Waals surface area contributed by atoms with E-state index >= 15 is 0 Å². The van der Waals surface area contributed by atoms with Crippen LogP contribution in [0.3, 0.4) is 0 Å². The Hall–Kier alpha value is -1.08. The van der Waals surface area contributed by atoms with Crippen LogP contribution in [0.1, 0.15) is 107 Å². The average Bonchev–Trinajstić information content (AvgIpc) is 1.51. The van der Waals surface area contributed by atoms with Gasteiger partial charge >= 0.3 is 0 Å². The van der Waals surface area contributed by atoms with Crippen LogP contribution in [-0.4, -0.2) is 320 Å². The molecule has 99 heavy (non-hydrogen) atoms. The number of hydrogen-bond acceptors (Lipinski definition) is 31. The fraction of sp³-hybridized carbons (Fsp3) is 0.910. The van der Waals surface area contributed by atoms with Crippen molar-refractivity contribution in [3.63, 3.8) is 0 Å². The van der Waals surface area contributed by atoms with Gasteiger partial charge in [-0.05, 0) is 76.5 Å². The van der Waals surface area contributed by atoms with Gasteiger partial charge in [-0.25, -0.2) is 18.1 Å². The molecule has 10 fully saturated rings. The van der Waals surface area contributed by atoms with Gasteiger partial charge in [0, 0.05) is 63.3 Å². The first-order valence-corrected chi connectivity index (χ1v) is 34.6. The Balaban J connectivity index is 0.0000106. The molecule has 1 radical (unpaired) electrons. The summed E-state index contributed by atoms with van der Waals surface area (Å²) in [4.78, 5) is 14.5. The summed E-state index contributed by atoms with van der Waals surface area (Å²) in [5, 5.41) is 167. The van der Waals surface area contributed by atoms with Crippen LogP contribution >= 0.6 is 0 Å². The van der Waals surface area contributed by atoms with E-state index in [1.807, 2.05) is 0 Å². The number of aliphatic hydroxyl groups excluding tert-OH is 15. The van der Waals surface area contributed by atoms with Crippen molar-refractivity contribution in [1.82, 2.24) is 0 Å². The second kappa shape index (κ2) is 31.6. The predicted molar refractivity (Wildman–Crippen MR) is 330 cm³/mol. The van der Waals surface area contributed by atoms with Crippen molar-refractivity contribution in [2.75, 3.05) is 47.3 Å². The van der Waals surface area contributed by atoms with Gasteiger partial charge in [0.25, 0.3) is 5.97 Å². The molecule has 11 rings (SSSR count).